The zero-order valence-electron chi connectivity index (χ0n) is 21.9. The van der Waals surface area contributed by atoms with Gasteiger partial charge in [-0.1, -0.05) is 24.3 Å². The van der Waals surface area contributed by atoms with Crippen LogP contribution in [0.1, 0.15) is 25.7 Å². The molecule has 2 N–H and O–H groups in total. The number of rotatable bonds is 7. The molecule has 38 heavy (non-hydrogen) atoms. The molecule has 0 amide bonds. The highest BCUT2D eigenvalue weighted by Crippen LogP contribution is 2.46. The summed E-state index contributed by atoms with van der Waals surface area (Å²) in [5.41, 5.74) is 1.51. The Hall–Kier alpha value is -3.56. The van der Waals surface area contributed by atoms with Gasteiger partial charge in [0.05, 0.1) is 12.0 Å². The summed E-state index contributed by atoms with van der Waals surface area (Å²) < 4.78 is 6.29. The highest BCUT2D eigenvalue weighted by molar-refractivity contribution is 5.97. The summed E-state index contributed by atoms with van der Waals surface area (Å²) in [6.07, 6.45) is 6.51. The summed E-state index contributed by atoms with van der Waals surface area (Å²) in [6, 6.07) is 12.7. The zero-order valence-corrected chi connectivity index (χ0v) is 21.9. The van der Waals surface area contributed by atoms with Gasteiger partial charge in [0, 0.05) is 48.9 Å². The lowest BCUT2D eigenvalue weighted by molar-refractivity contribution is 0.183. The molecule has 4 heterocycles. The second-order valence-electron chi connectivity index (χ2n) is 11.5. The molecular formula is C29H33N7O2. The molecule has 9 nitrogen and oxygen atoms in total. The van der Waals surface area contributed by atoms with Crippen molar-refractivity contribution >= 4 is 27.6 Å². The van der Waals surface area contributed by atoms with Crippen LogP contribution >= 0.6 is 0 Å². The first-order chi connectivity index (χ1) is 18.4. The van der Waals surface area contributed by atoms with E-state index in [1.165, 1.54) is 12.8 Å². The number of phenolic OH excluding ortho intramolecular Hbond substituents is 1. The van der Waals surface area contributed by atoms with Crippen molar-refractivity contribution in [1.29, 1.82) is 0 Å². The van der Waals surface area contributed by atoms with Gasteiger partial charge in [0.15, 0.2) is 11.5 Å². The number of nitrogens with one attached hydrogen (secondary N) is 1. The Morgan fingerprint density at radius 3 is 2.61 bits per heavy atom. The Morgan fingerprint density at radius 2 is 1.84 bits per heavy atom. The summed E-state index contributed by atoms with van der Waals surface area (Å²) in [5, 5.41) is 16.8. The molecule has 0 radical (unpaired) electrons. The molecule has 2 aromatic heterocycles. The maximum absolute atomic E-state index is 10.4. The van der Waals surface area contributed by atoms with E-state index < -0.39 is 0 Å². The fraction of sp³-hybridized carbons (Fsp3) is 0.448. The third-order valence-electron chi connectivity index (χ3n) is 8.13. The van der Waals surface area contributed by atoms with Gasteiger partial charge in [0.1, 0.15) is 11.6 Å². The molecule has 3 fully saturated rings. The average Bonchev–Trinajstić information content (AvgIpc) is 3.59. The largest absolute Gasteiger partial charge is 0.508 e. The average molecular weight is 512 g/mol. The number of anilines is 1. The summed E-state index contributed by atoms with van der Waals surface area (Å²) in [6.45, 7) is 3.38. The lowest BCUT2D eigenvalue weighted by Crippen LogP contribution is -2.51. The Labute approximate surface area is 221 Å². The van der Waals surface area contributed by atoms with Crippen LogP contribution in [0.4, 0.5) is 5.82 Å². The van der Waals surface area contributed by atoms with Gasteiger partial charge < -0.3 is 25.0 Å². The van der Waals surface area contributed by atoms with Crippen LogP contribution in [-0.2, 0) is 0 Å². The van der Waals surface area contributed by atoms with Crippen LogP contribution in [0.2, 0.25) is 0 Å². The Kier molecular flexibility index (Phi) is 5.59. The highest BCUT2D eigenvalue weighted by atomic mass is 16.5. The molecule has 2 aliphatic heterocycles. The first-order valence-electron chi connectivity index (χ1n) is 13.5. The number of aromatic hydroxyl groups is 1. The molecule has 1 saturated carbocycles. The molecule has 3 aliphatic rings. The van der Waals surface area contributed by atoms with E-state index in [4.69, 9.17) is 24.7 Å². The minimum atomic E-state index is 0.174. The van der Waals surface area contributed by atoms with E-state index in [1.807, 2.05) is 30.5 Å². The van der Waals surface area contributed by atoms with E-state index in [0.29, 0.717) is 36.2 Å². The predicted octanol–water partition coefficient (Wildman–Crippen LogP) is 3.61. The number of piperazine rings is 1. The lowest BCUT2D eigenvalue weighted by atomic mass is 10.0. The lowest BCUT2D eigenvalue weighted by Gasteiger charge is -2.34. The van der Waals surface area contributed by atoms with E-state index in [-0.39, 0.29) is 11.2 Å². The van der Waals surface area contributed by atoms with Crippen molar-refractivity contribution in [2.24, 2.45) is 5.41 Å². The number of hydrogen-bond donors (Lipinski definition) is 2. The molecule has 0 spiro atoms. The minimum absolute atomic E-state index is 0.174. The fourth-order valence-electron chi connectivity index (χ4n) is 6.18. The predicted molar refractivity (Wildman–Crippen MR) is 148 cm³/mol. The summed E-state index contributed by atoms with van der Waals surface area (Å²) in [4.78, 5) is 23.9. The molecule has 4 aromatic rings. The number of aromatic nitrogens is 4. The monoisotopic (exact) mass is 511 g/mol. The Bertz CT molecular complexity index is 1510. The molecule has 2 unspecified atom stereocenters. The molecule has 2 atom stereocenters. The maximum atomic E-state index is 10.4. The second kappa shape index (κ2) is 9.03. The molecule has 9 heteroatoms. The van der Waals surface area contributed by atoms with Crippen molar-refractivity contribution in [3.05, 3.63) is 42.6 Å². The zero-order chi connectivity index (χ0) is 25.9. The normalized spacial score (nSPS) is 21.9. The van der Waals surface area contributed by atoms with Crippen molar-refractivity contribution in [2.75, 3.05) is 45.2 Å². The van der Waals surface area contributed by atoms with Gasteiger partial charge in [-0.2, -0.15) is 9.97 Å². The summed E-state index contributed by atoms with van der Waals surface area (Å²) in [7, 11) is 4.21. The second-order valence-corrected chi connectivity index (χ2v) is 11.5. The minimum Gasteiger partial charge on any atom is -0.508 e. The van der Waals surface area contributed by atoms with Gasteiger partial charge in [-0.3, -0.25) is 0 Å². The number of ether oxygens (including phenoxy) is 1. The van der Waals surface area contributed by atoms with Crippen molar-refractivity contribution in [3.63, 3.8) is 0 Å². The van der Waals surface area contributed by atoms with Crippen LogP contribution in [0.5, 0.6) is 11.8 Å². The summed E-state index contributed by atoms with van der Waals surface area (Å²) >= 11 is 0. The van der Waals surface area contributed by atoms with E-state index in [9.17, 15) is 5.11 Å². The molecular weight excluding hydrogens is 478 g/mol. The van der Waals surface area contributed by atoms with Crippen LogP contribution in [-0.4, -0.2) is 82.4 Å². The first-order valence-corrected chi connectivity index (χ1v) is 13.5. The molecule has 2 saturated heterocycles. The van der Waals surface area contributed by atoms with Crippen molar-refractivity contribution in [1.82, 2.24) is 30.2 Å². The smallest absolute Gasteiger partial charge is 0.320 e. The van der Waals surface area contributed by atoms with Crippen LogP contribution < -0.4 is 15.0 Å². The van der Waals surface area contributed by atoms with Crippen LogP contribution in [0.25, 0.3) is 33.2 Å². The standard InChI is InChI=1S/C29H33N7O2/c1-35(2)16-29(9-10-29)17-38-28-33-26-24(27(34-28)36-14-19-7-8-20(15-36)31-19)13-30-25(32-26)23-12-21(37)11-18-5-3-4-6-22(18)23/h3-6,11-13,19-20,31,37H,7-10,14-17H2,1-2H3. The quantitative estimate of drug-likeness (QED) is 0.385. The first kappa shape index (κ1) is 23.5. The molecule has 2 bridgehead atoms. The van der Waals surface area contributed by atoms with E-state index in [1.54, 1.807) is 12.1 Å². The van der Waals surface area contributed by atoms with Crippen LogP contribution in [0.3, 0.4) is 0 Å². The van der Waals surface area contributed by atoms with Gasteiger partial charge in [0.2, 0.25) is 0 Å². The van der Waals surface area contributed by atoms with Gasteiger partial charge in [0.25, 0.3) is 0 Å². The van der Waals surface area contributed by atoms with Crippen molar-refractivity contribution in [2.45, 2.75) is 37.8 Å². The van der Waals surface area contributed by atoms with E-state index in [0.717, 1.165) is 60.0 Å². The molecule has 196 valence electrons. The maximum Gasteiger partial charge on any atom is 0.320 e. The number of nitrogens with zero attached hydrogens (tertiary/aromatic N) is 6. The van der Waals surface area contributed by atoms with Gasteiger partial charge in [-0.15, -0.1) is 0 Å². The number of hydrogen-bond acceptors (Lipinski definition) is 9. The number of benzene rings is 2. The van der Waals surface area contributed by atoms with Gasteiger partial charge in [-0.05, 0) is 62.7 Å². The molecule has 7 rings (SSSR count). The Balaban J connectivity index is 1.31. The third-order valence-corrected chi connectivity index (χ3v) is 8.13. The highest BCUT2D eigenvalue weighted by Gasteiger charge is 2.44. The van der Waals surface area contributed by atoms with E-state index >= 15 is 0 Å². The van der Waals surface area contributed by atoms with E-state index in [2.05, 4.69) is 29.2 Å². The van der Waals surface area contributed by atoms with Crippen LogP contribution in [0.15, 0.2) is 42.6 Å². The molecule has 1 aliphatic carbocycles. The van der Waals surface area contributed by atoms with Crippen LogP contribution in [0, 0.1) is 5.41 Å². The topological polar surface area (TPSA) is 99.5 Å². The SMILES string of the molecule is CN(C)CC1(COc2nc(N3CC4CCC(C3)N4)c3cnc(-c4cc(O)cc5ccccc45)nc3n2)CC1. The fourth-order valence-corrected chi connectivity index (χ4v) is 6.18. The summed E-state index contributed by atoms with van der Waals surface area (Å²) in [5.74, 6) is 1.54. The van der Waals surface area contributed by atoms with Crippen molar-refractivity contribution in [3.8, 4) is 23.1 Å². The number of fused-ring (bicyclic) bond motifs is 4. The Morgan fingerprint density at radius 1 is 1.05 bits per heavy atom. The third kappa shape index (κ3) is 4.39. The van der Waals surface area contributed by atoms with Gasteiger partial charge >= 0.3 is 6.01 Å². The van der Waals surface area contributed by atoms with Gasteiger partial charge in [-0.25, -0.2) is 9.97 Å². The number of phenols is 1. The molecule has 2 aromatic carbocycles. The van der Waals surface area contributed by atoms with Crippen molar-refractivity contribution < 1.29 is 9.84 Å².